The van der Waals surface area contributed by atoms with E-state index in [9.17, 15) is 43.2 Å². The van der Waals surface area contributed by atoms with Crippen LogP contribution in [0.15, 0.2) is 219 Å². The van der Waals surface area contributed by atoms with Crippen molar-refractivity contribution in [3.05, 3.63) is 219 Å². The number of allylic oxidation sites excluding steroid dienone is 36. The molecule has 0 aliphatic rings. The van der Waals surface area contributed by atoms with Gasteiger partial charge in [0.2, 0.25) is 0 Å². The van der Waals surface area contributed by atoms with Crippen LogP contribution in [0, 0.1) is 0 Å². The summed E-state index contributed by atoms with van der Waals surface area (Å²) in [5, 5.41) is 10.7. The summed E-state index contributed by atoms with van der Waals surface area (Å²) in [6.07, 6.45) is 102. The lowest BCUT2D eigenvalue weighted by molar-refractivity contribution is -0.161. The number of phosphoric acid groups is 2. The average Bonchev–Trinajstić information content (AvgIpc) is 0.900. The van der Waals surface area contributed by atoms with E-state index in [-0.39, 0.29) is 25.7 Å². The van der Waals surface area contributed by atoms with Gasteiger partial charge >= 0.3 is 39.5 Å². The molecular weight excluding hydrogens is 1430 g/mol. The van der Waals surface area contributed by atoms with Crippen molar-refractivity contribution in [2.45, 2.75) is 290 Å². The van der Waals surface area contributed by atoms with Gasteiger partial charge in [-0.3, -0.25) is 37.3 Å². The Morgan fingerprint density at radius 1 is 0.255 bits per heavy atom. The second-order valence-electron chi connectivity index (χ2n) is 26.2. The molecule has 19 heteroatoms. The van der Waals surface area contributed by atoms with Crippen molar-refractivity contribution < 1.29 is 80.2 Å². The zero-order valence-electron chi connectivity index (χ0n) is 67.6. The Labute approximate surface area is 664 Å². The summed E-state index contributed by atoms with van der Waals surface area (Å²) in [5.41, 5.74) is 0. The molecule has 0 bridgehead atoms. The minimum atomic E-state index is -5.02. The normalized spacial score (nSPS) is 14.9. The molecule has 17 nitrogen and oxygen atoms in total. The van der Waals surface area contributed by atoms with Crippen LogP contribution in [0.25, 0.3) is 0 Å². The molecule has 0 spiro atoms. The minimum Gasteiger partial charge on any atom is -0.462 e. The fraction of sp³-hybridized carbons (Fsp3) is 0.560. The molecule has 0 aromatic rings. The van der Waals surface area contributed by atoms with Crippen LogP contribution in [0.4, 0.5) is 0 Å². The van der Waals surface area contributed by atoms with Crippen LogP contribution < -0.4 is 0 Å². The fourth-order valence-corrected chi connectivity index (χ4v) is 11.4. The van der Waals surface area contributed by atoms with E-state index in [0.29, 0.717) is 38.5 Å². The number of rotatable bonds is 74. The molecule has 0 saturated heterocycles. The molecule has 0 fully saturated rings. The van der Waals surface area contributed by atoms with Gasteiger partial charge in [0.05, 0.1) is 26.4 Å². The number of aliphatic hydroxyl groups is 1. The molecule has 110 heavy (non-hydrogen) atoms. The molecule has 0 saturated carbocycles. The molecule has 0 aliphatic heterocycles. The Bertz CT molecular complexity index is 2950. The first-order valence-corrected chi connectivity index (χ1v) is 44.0. The molecule has 618 valence electrons. The Morgan fingerprint density at radius 2 is 0.455 bits per heavy atom. The van der Waals surface area contributed by atoms with E-state index in [1.165, 1.54) is 0 Å². The number of aliphatic hydroxyl groups excluding tert-OH is 1. The quantitative estimate of drug-likeness (QED) is 0.0169. The van der Waals surface area contributed by atoms with Crippen molar-refractivity contribution in [2.75, 3.05) is 39.6 Å². The molecule has 0 aliphatic carbocycles. The lowest BCUT2D eigenvalue weighted by Gasteiger charge is -2.21. The molecule has 0 rings (SSSR count). The number of ether oxygens (including phenoxy) is 4. The van der Waals surface area contributed by atoms with E-state index in [4.69, 9.17) is 37.0 Å². The van der Waals surface area contributed by atoms with Gasteiger partial charge in [0, 0.05) is 25.7 Å². The SMILES string of the molecule is CC/C=C\C/C=C\C/C=C\C/C=C\C/C=C\CCCCCC(=O)OCC(COP(=O)(O)OCC(O)COP(=O)(O)OCC(COC(=O)CCC/C=C\C/C=C\C/C=C\C/C=C\C/C=C\CC)OC(=O)CCCC/C=C\C/C=C\C/C=C\C/C=C\CC)OC(=O)CCCCCCCC/C=C\C/C=C\C/C=C\C/C=C\CC. The molecule has 3 N–H and O–H groups in total. The maximum absolute atomic E-state index is 13.1. The van der Waals surface area contributed by atoms with Crippen molar-refractivity contribution in [3.8, 4) is 0 Å². The summed E-state index contributed by atoms with van der Waals surface area (Å²) in [6, 6.07) is 0. The topological polar surface area (TPSA) is 237 Å². The van der Waals surface area contributed by atoms with Crippen LogP contribution in [0.3, 0.4) is 0 Å². The molecule has 0 amide bonds. The summed E-state index contributed by atoms with van der Waals surface area (Å²) < 4.78 is 68.6. The van der Waals surface area contributed by atoms with Crippen molar-refractivity contribution in [1.82, 2.24) is 0 Å². The molecule has 0 heterocycles. The van der Waals surface area contributed by atoms with Crippen molar-refractivity contribution in [3.63, 3.8) is 0 Å². The number of phosphoric ester groups is 2. The standard InChI is InChI=1S/C91H142O17P2/c1-5-9-13-17-21-25-29-33-37-40-42-45-49-52-56-60-64-68-72-76-89(94)102-82-87(108-91(96)78-74-70-66-62-58-54-50-46-43-41-38-34-30-26-22-18-14-10-6-2)84-106-110(99,100)104-80-85(92)79-103-109(97,98)105-83-86(107-90(95)77-73-69-65-61-57-53-47-36-32-28-24-20-16-12-8-4)81-101-88(93)75-71-67-63-59-55-51-48-44-39-35-31-27-23-19-15-11-7-3/h9-16,21-28,33-39,42-43,45-48,51-52,56-57,59,61,63,85-87,92H,5-8,17-20,29-32,40-41,44,49-50,53-55,58,60,62,64-84H2,1-4H3,(H,97,98)(H,99,100)/b13-9-,14-10-,15-11-,16-12-,25-21-,26-22-,27-23-,28-24-,37-33-,38-34-,39-35-,45-42-,46-43-,47-36-,51-48-,56-52-,61-57-,63-59-. The highest BCUT2D eigenvalue weighted by atomic mass is 31.2. The van der Waals surface area contributed by atoms with Gasteiger partial charge in [0.15, 0.2) is 12.2 Å². The van der Waals surface area contributed by atoms with Gasteiger partial charge in [-0.15, -0.1) is 0 Å². The van der Waals surface area contributed by atoms with E-state index >= 15 is 0 Å². The summed E-state index contributed by atoms with van der Waals surface area (Å²) in [5.74, 6) is -2.37. The molecular formula is C91H142O17P2. The van der Waals surface area contributed by atoms with Crippen LogP contribution in [0.1, 0.15) is 272 Å². The van der Waals surface area contributed by atoms with E-state index in [1.54, 1.807) is 0 Å². The number of carbonyl (C=O) groups is 4. The van der Waals surface area contributed by atoms with Crippen LogP contribution in [0.2, 0.25) is 0 Å². The number of esters is 4. The Balaban J connectivity index is 5.54. The highest BCUT2D eigenvalue weighted by molar-refractivity contribution is 7.47. The third kappa shape index (κ3) is 79.5. The van der Waals surface area contributed by atoms with Crippen LogP contribution in [-0.2, 0) is 65.4 Å². The Kier molecular flexibility index (Phi) is 75.6. The van der Waals surface area contributed by atoms with E-state index in [1.807, 2.05) is 18.2 Å². The van der Waals surface area contributed by atoms with Gasteiger partial charge in [-0.05, 0) is 186 Å². The third-order valence-electron chi connectivity index (χ3n) is 15.9. The summed E-state index contributed by atoms with van der Waals surface area (Å²) in [4.78, 5) is 73.2. The highest BCUT2D eigenvalue weighted by Crippen LogP contribution is 2.45. The number of hydrogen-bond donors (Lipinski definition) is 3. The maximum Gasteiger partial charge on any atom is 0.472 e. The Hall–Kier alpha value is -6.62. The van der Waals surface area contributed by atoms with Crippen LogP contribution in [-0.4, -0.2) is 96.7 Å². The average molecular weight is 1570 g/mol. The zero-order chi connectivity index (χ0) is 80.3. The first-order valence-electron chi connectivity index (χ1n) is 41.0. The molecule has 5 atom stereocenters. The molecule has 0 aromatic carbocycles. The summed E-state index contributed by atoms with van der Waals surface area (Å²) in [6.45, 7) is 4.22. The van der Waals surface area contributed by atoms with Crippen LogP contribution in [0.5, 0.6) is 0 Å². The van der Waals surface area contributed by atoms with Crippen LogP contribution >= 0.6 is 15.6 Å². The number of hydrogen-bond acceptors (Lipinski definition) is 15. The van der Waals surface area contributed by atoms with Gasteiger partial charge in [-0.1, -0.05) is 279 Å². The minimum absolute atomic E-state index is 0.0201. The zero-order valence-corrected chi connectivity index (χ0v) is 69.4. The van der Waals surface area contributed by atoms with Gasteiger partial charge < -0.3 is 33.8 Å². The molecule has 5 unspecified atom stereocenters. The predicted octanol–water partition coefficient (Wildman–Crippen LogP) is 24.4. The van der Waals surface area contributed by atoms with Crippen molar-refractivity contribution in [1.29, 1.82) is 0 Å². The molecule has 0 aromatic heterocycles. The second-order valence-corrected chi connectivity index (χ2v) is 29.1. The highest BCUT2D eigenvalue weighted by Gasteiger charge is 2.30. The summed E-state index contributed by atoms with van der Waals surface area (Å²) in [7, 11) is -10.0. The molecule has 0 radical (unpaired) electrons. The van der Waals surface area contributed by atoms with E-state index in [2.05, 4.69) is 228 Å². The van der Waals surface area contributed by atoms with Gasteiger partial charge in [-0.25, -0.2) is 9.13 Å². The first kappa shape index (κ1) is 103. The number of carbonyl (C=O) groups excluding carboxylic acids is 4. The van der Waals surface area contributed by atoms with Gasteiger partial charge in [-0.2, -0.15) is 0 Å². The van der Waals surface area contributed by atoms with Crippen molar-refractivity contribution in [2.24, 2.45) is 0 Å². The first-order chi connectivity index (χ1) is 53.7. The predicted molar refractivity (Wildman–Crippen MR) is 454 cm³/mol. The van der Waals surface area contributed by atoms with Crippen molar-refractivity contribution >= 4 is 39.5 Å². The van der Waals surface area contributed by atoms with Gasteiger partial charge in [0.1, 0.15) is 19.3 Å². The van der Waals surface area contributed by atoms with Gasteiger partial charge in [0.25, 0.3) is 0 Å². The Morgan fingerprint density at radius 3 is 0.745 bits per heavy atom. The second kappa shape index (κ2) is 80.4. The smallest absolute Gasteiger partial charge is 0.462 e. The number of unbranched alkanes of at least 4 members (excludes halogenated alkanes) is 12. The third-order valence-corrected chi connectivity index (χ3v) is 17.8. The van der Waals surface area contributed by atoms with E-state index < -0.39 is 97.5 Å². The van der Waals surface area contributed by atoms with E-state index in [0.717, 1.165) is 180 Å². The lowest BCUT2D eigenvalue weighted by Crippen LogP contribution is -2.30. The fourth-order valence-electron chi connectivity index (χ4n) is 9.85. The monoisotopic (exact) mass is 1570 g/mol. The summed E-state index contributed by atoms with van der Waals surface area (Å²) >= 11 is 0. The largest absolute Gasteiger partial charge is 0.472 e. The maximum atomic E-state index is 13.1. The lowest BCUT2D eigenvalue weighted by atomic mass is 10.1.